The van der Waals surface area contributed by atoms with Gasteiger partial charge in [-0.2, -0.15) is 5.10 Å². The number of nitrogens with one attached hydrogen (secondary N) is 1. The minimum Gasteiger partial charge on any atom is -0.310 e. The molecule has 0 saturated heterocycles. The highest BCUT2D eigenvalue weighted by molar-refractivity contribution is 5.31. The highest BCUT2D eigenvalue weighted by atomic mass is 15.2. The minimum atomic E-state index is 0.416. The van der Waals surface area contributed by atoms with Crippen molar-refractivity contribution in [3.63, 3.8) is 0 Å². The third-order valence-electron chi connectivity index (χ3n) is 4.19. The lowest BCUT2D eigenvalue weighted by atomic mass is 9.97. The Kier molecular flexibility index (Phi) is 5.57. The Balaban J connectivity index is 2.09. The Morgan fingerprint density at radius 1 is 1.19 bits per heavy atom. The molecule has 0 bridgehead atoms. The van der Waals surface area contributed by atoms with Gasteiger partial charge in [0.2, 0.25) is 0 Å². The average Bonchev–Trinajstić information content (AvgIpc) is 2.88. The van der Waals surface area contributed by atoms with Crippen molar-refractivity contribution in [1.82, 2.24) is 15.1 Å². The largest absolute Gasteiger partial charge is 0.310 e. The molecule has 1 aromatic heterocycles. The fourth-order valence-electron chi connectivity index (χ4n) is 2.63. The van der Waals surface area contributed by atoms with Crippen LogP contribution in [0.25, 0.3) is 0 Å². The van der Waals surface area contributed by atoms with Crippen molar-refractivity contribution >= 4 is 0 Å². The molecule has 0 spiro atoms. The monoisotopic (exact) mass is 285 g/mol. The van der Waals surface area contributed by atoms with E-state index in [0.29, 0.717) is 6.04 Å². The Hall–Kier alpha value is -1.61. The predicted octanol–water partition coefficient (Wildman–Crippen LogP) is 3.71. The first-order chi connectivity index (χ1) is 10.1. The van der Waals surface area contributed by atoms with Crippen LogP contribution in [0.4, 0.5) is 0 Å². The van der Waals surface area contributed by atoms with Crippen molar-refractivity contribution in [2.75, 3.05) is 6.54 Å². The summed E-state index contributed by atoms with van der Waals surface area (Å²) in [5.41, 5.74) is 5.42. The van der Waals surface area contributed by atoms with Gasteiger partial charge in [0.05, 0.1) is 0 Å². The number of aryl methyl sites for hydroxylation is 4. The molecular weight excluding hydrogens is 258 g/mol. The molecule has 3 nitrogen and oxygen atoms in total. The van der Waals surface area contributed by atoms with Gasteiger partial charge >= 0.3 is 0 Å². The van der Waals surface area contributed by atoms with Gasteiger partial charge in [-0.15, -0.1) is 0 Å². The SMILES string of the molecule is CCCNC(CCc1ccnn1C)c1ccc(C)c(C)c1. The lowest BCUT2D eigenvalue weighted by Crippen LogP contribution is -2.23. The third-order valence-corrected chi connectivity index (χ3v) is 4.19. The third kappa shape index (κ3) is 4.18. The van der Waals surface area contributed by atoms with Crippen molar-refractivity contribution in [3.05, 3.63) is 52.8 Å². The fraction of sp³-hybridized carbons (Fsp3) is 0.500. The maximum Gasteiger partial charge on any atom is 0.0492 e. The standard InChI is InChI=1S/C18H27N3/c1-5-11-19-18(9-8-17-10-12-20-21(17)4)16-7-6-14(2)15(3)13-16/h6-7,10,12-13,18-19H,5,8-9,11H2,1-4H3. The Morgan fingerprint density at radius 3 is 2.62 bits per heavy atom. The molecule has 0 fully saturated rings. The summed E-state index contributed by atoms with van der Waals surface area (Å²) < 4.78 is 1.97. The van der Waals surface area contributed by atoms with Crippen LogP contribution in [-0.2, 0) is 13.5 Å². The quantitative estimate of drug-likeness (QED) is 0.840. The van der Waals surface area contributed by atoms with Crippen molar-refractivity contribution in [2.24, 2.45) is 7.05 Å². The molecule has 1 unspecified atom stereocenters. The second-order valence-electron chi connectivity index (χ2n) is 5.84. The van der Waals surface area contributed by atoms with E-state index in [1.807, 2.05) is 17.9 Å². The van der Waals surface area contributed by atoms with E-state index < -0.39 is 0 Å². The van der Waals surface area contributed by atoms with Crippen LogP contribution in [0.3, 0.4) is 0 Å². The number of aromatic nitrogens is 2. The molecule has 3 heteroatoms. The van der Waals surface area contributed by atoms with Crippen LogP contribution in [0.2, 0.25) is 0 Å². The van der Waals surface area contributed by atoms with Gasteiger partial charge in [-0.3, -0.25) is 4.68 Å². The fourth-order valence-corrected chi connectivity index (χ4v) is 2.63. The molecule has 0 amide bonds. The molecule has 0 aliphatic heterocycles. The molecule has 1 heterocycles. The first-order valence-corrected chi connectivity index (χ1v) is 7.89. The zero-order valence-electron chi connectivity index (χ0n) is 13.7. The normalized spacial score (nSPS) is 12.6. The highest BCUT2D eigenvalue weighted by Gasteiger charge is 2.12. The molecule has 0 aliphatic rings. The van der Waals surface area contributed by atoms with Crippen molar-refractivity contribution < 1.29 is 0 Å². The second kappa shape index (κ2) is 7.41. The Labute approximate surface area is 128 Å². The van der Waals surface area contributed by atoms with E-state index in [4.69, 9.17) is 0 Å². The van der Waals surface area contributed by atoms with E-state index in [0.717, 1.165) is 25.8 Å². The summed E-state index contributed by atoms with van der Waals surface area (Å²) in [5, 5.41) is 7.94. The Bertz CT molecular complexity index is 572. The zero-order chi connectivity index (χ0) is 15.2. The number of benzene rings is 1. The molecule has 1 N–H and O–H groups in total. The molecule has 1 aromatic carbocycles. The summed E-state index contributed by atoms with van der Waals surface area (Å²) in [6, 6.07) is 9.34. The van der Waals surface area contributed by atoms with Crippen LogP contribution < -0.4 is 5.32 Å². The van der Waals surface area contributed by atoms with Crippen LogP contribution in [-0.4, -0.2) is 16.3 Å². The van der Waals surface area contributed by atoms with E-state index in [2.05, 4.69) is 55.5 Å². The molecule has 0 saturated carbocycles. The summed E-state index contributed by atoms with van der Waals surface area (Å²) >= 11 is 0. The summed E-state index contributed by atoms with van der Waals surface area (Å²) in [6.45, 7) is 7.63. The lowest BCUT2D eigenvalue weighted by Gasteiger charge is -2.20. The maximum absolute atomic E-state index is 4.25. The summed E-state index contributed by atoms with van der Waals surface area (Å²) in [7, 11) is 2.01. The molecule has 21 heavy (non-hydrogen) atoms. The van der Waals surface area contributed by atoms with Crippen LogP contribution in [0.1, 0.15) is 48.2 Å². The van der Waals surface area contributed by atoms with Gasteiger partial charge in [-0.25, -0.2) is 0 Å². The average molecular weight is 285 g/mol. The van der Waals surface area contributed by atoms with E-state index in [-0.39, 0.29) is 0 Å². The minimum absolute atomic E-state index is 0.416. The first kappa shape index (κ1) is 15.8. The summed E-state index contributed by atoms with van der Waals surface area (Å²) in [5.74, 6) is 0. The molecule has 0 radical (unpaired) electrons. The summed E-state index contributed by atoms with van der Waals surface area (Å²) in [6.07, 6.45) is 5.18. The molecular formula is C18H27N3. The van der Waals surface area contributed by atoms with Gasteiger partial charge in [0.15, 0.2) is 0 Å². The molecule has 2 rings (SSSR count). The number of nitrogens with zero attached hydrogens (tertiary/aromatic N) is 2. The van der Waals surface area contributed by atoms with Crippen LogP contribution >= 0.6 is 0 Å². The van der Waals surface area contributed by atoms with Gasteiger partial charge in [-0.1, -0.05) is 25.1 Å². The van der Waals surface area contributed by atoms with Gasteiger partial charge in [0.1, 0.15) is 0 Å². The van der Waals surface area contributed by atoms with E-state index >= 15 is 0 Å². The number of hydrogen-bond acceptors (Lipinski definition) is 2. The highest BCUT2D eigenvalue weighted by Crippen LogP contribution is 2.22. The van der Waals surface area contributed by atoms with Gasteiger partial charge in [-0.05, 0) is 62.4 Å². The van der Waals surface area contributed by atoms with E-state index in [9.17, 15) is 0 Å². The van der Waals surface area contributed by atoms with Gasteiger partial charge < -0.3 is 5.32 Å². The molecule has 0 aliphatic carbocycles. The first-order valence-electron chi connectivity index (χ1n) is 7.89. The van der Waals surface area contributed by atoms with E-state index in [1.54, 1.807) is 0 Å². The molecule has 2 aromatic rings. The van der Waals surface area contributed by atoms with Crippen LogP contribution in [0, 0.1) is 13.8 Å². The second-order valence-corrected chi connectivity index (χ2v) is 5.84. The number of hydrogen-bond donors (Lipinski definition) is 1. The number of rotatable bonds is 7. The summed E-state index contributed by atoms with van der Waals surface area (Å²) in [4.78, 5) is 0. The smallest absolute Gasteiger partial charge is 0.0492 e. The van der Waals surface area contributed by atoms with Gasteiger partial charge in [0.25, 0.3) is 0 Å². The topological polar surface area (TPSA) is 29.9 Å². The van der Waals surface area contributed by atoms with E-state index in [1.165, 1.54) is 22.4 Å². The van der Waals surface area contributed by atoms with Crippen LogP contribution in [0.5, 0.6) is 0 Å². The lowest BCUT2D eigenvalue weighted by molar-refractivity contribution is 0.491. The molecule has 114 valence electrons. The van der Waals surface area contributed by atoms with Crippen molar-refractivity contribution in [3.8, 4) is 0 Å². The maximum atomic E-state index is 4.25. The van der Waals surface area contributed by atoms with Crippen LogP contribution in [0.15, 0.2) is 30.5 Å². The van der Waals surface area contributed by atoms with Crippen molar-refractivity contribution in [1.29, 1.82) is 0 Å². The Morgan fingerprint density at radius 2 is 2.00 bits per heavy atom. The van der Waals surface area contributed by atoms with Gasteiger partial charge in [0, 0.05) is 25.0 Å². The molecule has 1 atom stereocenters. The predicted molar refractivity (Wildman–Crippen MR) is 88.5 cm³/mol. The van der Waals surface area contributed by atoms with Crippen molar-refractivity contribution in [2.45, 2.75) is 46.1 Å². The zero-order valence-corrected chi connectivity index (χ0v) is 13.7.